The third-order valence-corrected chi connectivity index (χ3v) is 6.86. The molecule has 1 aliphatic rings. The van der Waals surface area contributed by atoms with Crippen LogP contribution in [0.3, 0.4) is 0 Å². The van der Waals surface area contributed by atoms with Crippen LogP contribution >= 0.6 is 0 Å². The summed E-state index contributed by atoms with van der Waals surface area (Å²) in [5, 5.41) is 9.10. The molecule has 0 aromatic heterocycles. The molecule has 0 radical (unpaired) electrons. The van der Waals surface area contributed by atoms with E-state index in [4.69, 9.17) is 5.11 Å². The fourth-order valence-corrected chi connectivity index (χ4v) is 5.00. The smallest absolute Gasteiger partial charge is 0.155 e. The van der Waals surface area contributed by atoms with Gasteiger partial charge in [0, 0.05) is 10.9 Å². The number of aryl methyl sites for hydroxylation is 1. The first-order valence-electron chi connectivity index (χ1n) is 7.35. The van der Waals surface area contributed by atoms with E-state index in [2.05, 4.69) is 12.1 Å². The van der Waals surface area contributed by atoms with Crippen molar-refractivity contribution in [1.82, 2.24) is 0 Å². The molecule has 1 aliphatic heterocycles. The predicted molar refractivity (Wildman–Crippen MR) is 91.8 cm³/mol. The number of hydrogen-bond acceptors (Lipinski definition) is 4. The highest BCUT2D eigenvalue weighted by molar-refractivity contribution is 7.97. The maximum atomic E-state index is 10.4. The molecule has 3 rings (SSSR count). The van der Waals surface area contributed by atoms with E-state index in [1.165, 1.54) is 41.4 Å². The molecule has 4 nitrogen and oxygen atoms in total. The van der Waals surface area contributed by atoms with Crippen LogP contribution in [0.2, 0.25) is 0 Å². The molecule has 0 atom stereocenters. The summed E-state index contributed by atoms with van der Waals surface area (Å²) in [7, 11) is -3.78. The monoisotopic (exact) mass is 352 g/mol. The van der Waals surface area contributed by atoms with Crippen molar-refractivity contribution in [3.63, 3.8) is 0 Å². The fraction of sp³-hybridized carbons (Fsp3) is 0.294. The van der Waals surface area contributed by atoms with Crippen LogP contribution in [0.5, 0.6) is 5.75 Å². The zero-order valence-electron chi connectivity index (χ0n) is 12.9. The second kappa shape index (κ2) is 7.86. The van der Waals surface area contributed by atoms with Crippen LogP contribution in [-0.2, 0) is 21.0 Å². The highest BCUT2D eigenvalue weighted by Gasteiger charge is 2.26. The maximum Gasteiger partial charge on any atom is 0.155 e. The highest BCUT2D eigenvalue weighted by Crippen LogP contribution is 2.24. The number of rotatable bonds is 2. The molecule has 2 aromatic carbocycles. The van der Waals surface area contributed by atoms with Gasteiger partial charge >= 0.3 is 0 Å². The Hall–Kier alpha value is -1.50. The lowest BCUT2D eigenvalue weighted by Gasteiger charge is -2.05. The molecule has 6 heteroatoms. The van der Waals surface area contributed by atoms with Crippen LogP contribution in [0.4, 0.5) is 0 Å². The summed E-state index contributed by atoms with van der Waals surface area (Å²) in [4.78, 5) is 1.24. The van der Waals surface area contributed by atoms with Crippen molar-refractivity contribution in [2.75, 3.05) is 11.5 Å². The van der Waals surface area contributed by atoms with E-state index in [1.807, 2.05) is 6.92 Å². The Morgan fingerprint density at radius 2 is 1.48 bits per heavy atom. The van der Waals surface area contributed by atoms with Gasteiger partial charge < -0.3 is 9.66 Å². The van der Waals surface area contributed by atoms with Crippen LogP contribution in [0.25, 0.3) is 0 Å². The second-order valence-corrected chi connectivity index (χ2v) is 9.02. The van der Waals surface area contributed by atoms with E-state index in [9.17, 15) is 13.0 Å². The van der Waals surface area contributed by atoms with Crippen molar-refractivity contribution in [1.29, 1.82) is 0 Å². The molecule has 0 unspecified atom stereocenters. The van der Waals surface area contributed by atoms with E-state index in [1.54, 1.807) is 24.3 Å². The Balaban J connectivity index is 0.000000168. The van der Waals surface area contributed by atoms with Gasteiger partial charge in [0.15, 0.2) is 4.90 Å². The average Bonchev–Trinajstić information content (AvgIpc) is 3.02. The first-order chi connectivity index (χ1) is 10.9. The molecule has 0 saturated carbocycles. The quantitative estimate of drug-likeness (QED) is 0.665. The number of benzene rings is 2. The number of hydrogen-bond donors (Lipinski definition) is 1. The van der Waals surface area contributed by atoms with Crippen LogP contribution in [0.1, 0.15) is 18.4 Å². The van der Waals surface area contributed by atoms with Gasteiger partial charge in [0.25, 0.3) is 0 Å². The Morgan fingerprint density at radius 3 is 1.96 bits per heavy atom. The van der Waals surface area contributed by atoms with Crippen molar-refractivity contribution >= 4 is 21.0 Å². The lowest BCUT2D eigenvalue weighted by atomic mass is 10.2. The molecule has 23 heavy (non-hydrogen) atoms. The minimum absolute atomic E-state index is 0.178. The van der Waals surface area contributed by atoms with Gasteiger partial charge in [-0.3, -0.25) is 0 Å². The minimum atomic E-state index is -4.27. The van der Waals surface area contributed by atoms with Crippen molar-refractivity contribution in [2.24, 2.45) is 0 Å². The Bertz CT molecular complexity index is 716. The molecule has 0 aliphatic carbocycles. The number of phenols is 1. The van der Waals surface area contributed by atoms with Crippen molar-refractivity contribution in [2.45, 2.75) is 29.6 Å². The molecule has 0 amide bonds. The molecule has 1 heterocycles. The summed E-state index contributed by atoms with van der Waals surface area (Å²) in [5.41, 5.74) is 0.928. The van der Waals surface area contributed by atoms with Gasteiger partial charge in [-0.25, -0.2) is 8.42 Å². The van der Waals surface area contributed by atoms with Gasteiger partial charge in [0.2, 0.25) is 0 Å². The SMILES string of the molecule is Cc1ccc(S(=O)(=O)[O-])cc1.Oc1ccc([S+]2CCCC2)cc1. The molecule has 0 spiro atoms. The summed E-state index contributed by atoms with van der Waals surface area (Å²) in [5.74, 6) is 3.08. The van der Waals surface area contributed by atoms with E-state index in [-0.39, 0.29) is 4.90 Å². The Morgan fingerprint density at radius 1 is 0.957 bits per heavy atom. The molecule has 124 valence electrons. The maximum absolute atomic E-state index is 10.4. The zero-order valence-corrected chi connectivity index (χ0v) is 14.6. The first-order valence-corrected chi connectivity index (χ1v) is 10.3. The summed E-state index contributed by atoms with van der Waals surface area (Å²) < 4.78 is 31.2. The van der Waals surface area contributed by atoms with Gasteiger partial charge in [0.05, 0.1) is 4.90 Å². The van der Waals surface area contributed by atoms with Gasteiger partial charge in [-0.2, -0.15) is 0 Å². The first kappa shape index (κ1) is 17.8. The molecular formula is C17H20O4S2. The molecule has 1 saturated heterocycles. The standard InChI is InChI=1S/C10H12OS.C7H8O3S/c11-9-3-5-10(6-4-9)12-7-1-2-8-12;1-6-2-4-7(5-3-6)11(8,9)10/h3-6H,1-2,7-8H2;2-5H,1H3,(H,8,9,10). The van der Waals surface area contributed by atoms with E-state index < -0.39 is 10.1 Å². The topological polar surface area (TPSA) is 77.4 Å². The lowest BCUT2D eigenvalue weighted by molar-refractivity contribution is 0.463. The molecular weight excluding hydrogens is 332 g/mol. The number of aromatic hydroxyl groups is 1. The second-order valence-electron chi connectivity index (χ2n) is 5.37. The zero-order chi connectivity index (χ0) is 16.9. The van der Waals surface area contributed by atoms with E-state index >= 15 is 0 Å². The summed E-state index contributed by atoms with van der Waals surface area (Å²) >= 11 is 0. The van der Waals surface area contributed by atoms with E-state index in [0.29, 0.717) is 16.6 Å². The summed E-state index contributed by atoms with van der Waals surface area (Å²) in [6.45, 7) is 1.82. The molecule has 0 bridgehead atoms. The predicted octanol–water partition coefficient (Wildman–Crippen LogP) is 3.06. The van der Waals surface area contributed by atoms with Gasteiger partial charge in [-0.15, -0.1) is 0 Å². The van der Waals surface area contributed by atoms with Crippen LogP contribution in [0, 0.1) is 6.92 Å². The summed E-state index contributed by atoms with van der Waals surface area (Å²) in [6, 6.07) is 13.5. The van der Waals surface area contributed by atoms with Gasteiger partial charge in [-0.1, -0.05) is 17.7 Å². The normalized spacial score (nSPS) is 15.0. The van der Waals surface area contributed by atoms with E-state index in [0.717, 1.165) is 5.56 Å². The van der Waals surface area contributed by atoms with Crippen LogP contribution in [-0.4, -0.2) is 29.6 Å². The third-order valence-electron chi connectivity index (χ3n) is 3.51. The molecule has 1 N–H and O–H groups in total. The largest absolute Gasteiger partial charge is 0.744 e. The molecule has 2 aromatic rings. The molecule has 1 fully saturated rings. The van der Waals surface area contributed by atoms with Crippen molar-refractivity contribution < 1.29 is 18.1 Å². The highest BCUT2D eigenvalue weighted by atomic mass is 32.2. The third kappa shape index (κ3) is 5.57. The Labute approximate surface area is 140 Å². The van der Waals surface area contributed by atoms with Crippen molar-refractivity contribution in [3.8, 4) is 5.75 Å². The summed E-state index contributed by atoms with van der Waals surface area (Å²) in [6.07, 6.45) is 2.76. The Kier molecular flexibility index (Phi) is 6.10. The van der Waals surface area contributed by atoms with Crippen LogP contribution in [0.15, 0.2) is 58.3 Å². The minimum Gasteiger partial charge on any atom is -0.744 e. The van der Waals surface area contributed by atoms with Crippen molar-refractivity contribution in [3.05, 3.63) is 54.1 Å². The van der Waals surface area contributed by atoms with Gasteiger partial charge in [0.1, 0.15) is 27.4 Å². The fourth-order valence-electron chi connectivity index (χ4n) is 2.23. The number of phenolic OH excluding ortho intramolecular Hbond substituents is 1. The van der Waals surface area contributed by atoms with Crippen LogP contribution < -0.4 is 0 Å². The average molecular weight is 352 g/mol. The van der Waals surface area contributed by atoms with Gasteiger partial charge in [-0.05, 0) is 56.2 Å². The lowest BCUT2D eigenvalue weighted by Crippen LogP contribution is -2.02.